The molecule has 4 rings (SSSR count). The number of rotatable bonds is 4. The highest BCUT2D eigenvalue weighted by Crippen LogP contribution is 2.32. The average molecular weight is 386 g/mol. The molecule has 0 saturated heterocycles. The first-order chi connectivity index (χ1) is 13.0. The lowest BCUT2D eigenvalue weighted by Gasteiger charge is -2.08. The first kappa shape index (κ1) is 17.1. The van der Waals surface area contributed by atoms with E-state index in [-0.39, 0.29) is 21.8 Å². The molecule has 27 heavy (non-hydrogen) atoms. The van der Waals surface area contributed by atoms with Gasteiger partial charge >= 0.3 is 5.63 Å². The normalized spacial score (nSPS) is 13.6. The molecule has 0 bridgehead atoms. The van der Waals surface area contributed by atoms with Gasteiger partial charge in [-0.05, 0) is 29.8 Å². The van der Waals surface area contributed by atoms with Gasteiger partial charge in [0.2, 0.25) is 0 Å². The predicted octanol–water partition coefficient (Wildman–Crippen LogP) is 1.75. The van der Waals surface area contributed by atoms with Crippen LogP contribution >= 0.6 is 0 Å². The lowest BCUT2D eigenvalue weighted by molar-refractivity contribution is 0.348. The summed E-state index contributed by atoms with van der Waals surface area (Å²) in [5.74, 6) is 0.114. The minimum atomic E-state index is -3.98. The van der Waals surface area contributed by atoms with E-state index in [2.05, 4.69) is 9.93 Å². The summed E-state index contributed by atoms with van der Waals surface area (Å²) in [4.78, 5) is 13.5. The number of fused-ring (bicyclic) bond motifs is 2. The molecule has 0 atom stereocenters. The minimum absolute atomic E-state index is 0.0108. The fourth-order valence-corrected chi connectivity index (χ4v) is 3.86. The van der Waals surface area contributed by atoms with Gasteiger partial charge in [0, 0.05) is 17.9 Å². The van der Waals surface area contributed by atoms with E-state index >= 15 is 0 Å². The predicted molar refractivity (Wildman–Crippen MR) is 97.7 cm³/mol. The number of aromatic hydroxyl groups is 1. The second kappa shape index (κ2) is 6.44. The molecule has 0 fully saturated rings. The van der Waals surface area contributed by atoms with Crippen LogP contribution in [0.25, 0.3) is 11.0 Å². The van der Waals surface area contributed by atoms with E-state index in [0.29, 0.717) is 24.2 Å². The Bertz CT molecular complexity index is 1230. The molecule has 0 aliphatic carbocycles. The Morgan fingerprint density at radius 2 is 1.96 bits per heavy atom. The average Bonchev–Trinajstić information content (AvgIpc) is 3.12. The van der Waals surface area contributed by atoms with Gasteiger partial charge in [0.15, 0.2) is 5.58 Å². The number of sulfonamides is 1. The summed E-state index contributed by atoms with van der Waals surface area (Å²) in [6.07, 6.45) is 1.73. The molecule has 2 N–H and O–H groups in total. The molecule has 2 heterocycles. The molecule has 3 aromatic rings. The van der Waals surface area contributed by atoms with Gasteiger partial charge in [0.05, 0.1) is 18.4 Å². The quantitative estimate of drug-likeness (QED) is 0.401. The molecule has 9 heteroatoms. The number of hydrogen-bond donors (Lipinski definition) is 2. The van der Waals surface area contributed by atoms with Crippen LogP contribution in [0.2, 0.25) is 0 Å². The standard InChI is InChI=1S/C18H14N2O6S/c21-14-6-4-12-5-7-16(22)26-17(12)13(14)10-19-20-27(23,24)15-3-1-2-11-8-9-25-18(11)15/h1-7,10,20-21H,8-9H2/b19-10+. The van der Waals surface area contributed by atoms with Crippen LogP contribution in [0.4, 0.5) is 0 Å². The van der Waals surface area contributed by atoms with Crippen LogP contribution in [-0.2, 0) is 16.4 Å². The van der Waals surface area contributed by atoms with Crippen molar-refractivity contribution in [1.29, 1.82) is 0 Å². The molecule has 0 saturated carbocycles. The zero-order valence-corrected chi connectivity index (χ0v) is 14.7. The van der Waals surface area contributed by atoms with Gasteiger partial charge in [-0.25, -0.2) is 4.79 Å². The van der Waals surface area contributed by atoms with Gasteiger partial charge in [0.1, 0.15) is 16.4 Å². The smallest absolute Gasteiger partial charge is 0.336 e. The summed E-state index contributed by atoms with van der Waals surface area (Å²) >= 11 is 0. The van der Waals surface area contributed by atoms with Crippen molar-refractivity contribution < 1.29 is 22.7 Å². The Kier molecular flexibility index (Phi) is 4.08. The van der Waals surface area contributed by atoms with E-state index in [4.69, 9.17) is 9.15 Å². The number of benzene rings is 2. The molecular weight excluding hydrogens is 372 g/mol. The molecular formula is C18H14N2O6S. The van der Waals surface area contributed by atoms with Gasteiger partial charge in [-0.15, -0.1) is 0 Å². The van der Waals surface area contributed by atoms with E-state index < -0.39 is 15.6 Å². The van der Waals surface area contributed by atoms with Crippen molar-refractivity contribution in [2.24, 2.45) is 5.10 Å². The van der Waals surface area contributed by atoms with Crippen molar-refractivity contribution in [2.45, 2.75) is 11.3 Å². The maximum atomic E-state index is 12.5. The third-order valence-electron chi connectivity index (χ3n) is 4.14. The van der Waals surface area contributed by atoms with E-state index in [9.17, 15) is 18.3 Å². The first-order valence-corrected chi connectivity index (χ1v) is 9.49. The Balaban J connectivity index is 1.68. The maximum Gasteiger partial charge on any atom is 0.336 e. The summed E-state index contributed by atoms with van der Waals surface area (Å²) in [6.45, 7) is 0.425. The van der Waals surface area contributed by atoms with E-state index in [1.54, 1.807) is 18.2 Å². The molecule has 0 radical (unpaired) electrons. The summed E-state index contributed by atoms with van der Waals surface area (Å²) in [7, 11) is -3.98. The van der Waals surface area contributed by atoms with Gasteiger partial charge in [-0.1, -0.05) is 12.1 Å². The zero-order chi connectivity index (χ0) is 19.0. The van der Waals surface area contributed by atoms with Crippen molar-refractivity contribution >= 4 is 27.2 Å². The molecule has 0 amide bonds. The van der Waals surface area contributed by atoms with Crippen LogP contribution in [-0.4, -0.2) is 26.3 Å². The Morgan fingerprint density at radius 3 is 2.81 bits per heavy atom. The lowest BCUT2D eigenvalue weighted by atomic mass is 10.1. The minimum Gasteiger partial charge on any atom is -0.507 e. The lowest BCUT2D eigenvalue weighted by Crippen LogP contribution is -2.19. The number of hydrazone groups is 1. The van der Waals surface area contributed by atoms with Crippen LogP contribution in [0.3, 0.4) is 0 Å². The number of nitrogens with zero attached hydrogens (tertiary/aromatic N) is 1. The van der Waals surface area contributed by atoms with Crippen LogP contribution < -0.4 is 15.2 Å². The molecule has 2 aromatic carbocycles. The van der Waals surface area contributed by atoms with Crippen LogP contribution in [0.5, 0.6) is 11.5 Å². The van der Waals surface area contributed by atoms with Gasteiger partial charge in [-0.2, -0.15) is 18.4 Å². The summed E-state index contributed by atoms with van der Waals surface area (Å²) in [6, 6.07) is 10.6. The van der Waals surface area contributed by atoms with Crippen molar-refractivity contribution in [1.82, 2.24) is 4.83 Å². The molecule has 1 aliphatic heterocycles. The van der Waals surface area contributed by atoms with Crippen LogP contribution in [0, 0.1) is 0 Å². The Hall–Kier alpha value is -3.33. The number of para-hydroxylation sites is 1. The van der Waals surface area contributed by atoms with Crippen LogP contribution in [0.1, 0.15) is 11.1 Å². The van der Waals surface area contributed by atoms with Crippen molar-refractivity contribution in [3.05, 3.63) is 64.0 Å². The molecule has 1 aromatic heterocycles. The first-order valence-electron chi connectivity index (χ1n) is 8.01. The summed E-state index contributed by atoms with van der Waals surface area (Å²) in [5, 5.41) is 14.3. The Labute approximate surface area is 153 Å². The monoisotopic (exact) mass is 386 g/mol. The van der Waals surface area contributed by atoms with E-state index in [1.807, 2.05) is 0 Å². The molecule has 0 spiro atoms. The highest BCUT2D eigenvalue weighted by molar-refractivity contribution is 7.89. The largest absolute Gasteiger partial charge is 0.507 e. The molecule has 0 unspecified atom stereocenters. The highest BCUT2D eigenvalue weighted by atomic mass is 32.2. The number of nitrogens with one attached hydrogen (secondary N) is 1. The van der Waals surface area contributed by atoms with Crippen LogP contribution in [0.15, 0.2) is 61.7 Å². The number of ether oxygens (including phenoxy) is 1. The molecule has 1 aliphatic rings. The summed E-state index contributed by atoms with van der Waals surface area (Å²) in [5.41, 5.74) is 0.410. The molecule has 138 valence electrons. The van der Waals surface area contributed by atoms with E-state index in [1.165, 1.54) is 24.3 Å². The number of phenols is 1. The topological polar surface area (TPSA) is 118 Å². The maximum absolute atomic E-state index is 12.5. The van der Waals surface area contributed by atoms with E-state index in [0.717, 1.165) is 11.8 Å². The van der Waals surface area contributed by atoms with Crippen molar-refractivity contribution in [2.75, 3.05) is 6.61 Å². The van der Waals surface area contributed by atoms with Crippen molar-refractivity contribution in [3.63, 3.8) is 0 Å². The third-order valence-corrected chi connectivity index (χ3v) is 5.39. The van der Waals surface area contributed by atoms with Gasteiger partial charge in [0.25, 0.3) is 10.0 Å². The third kappa shape index (κ3) is 3.13. The summed E-state index contributed by atoms with van der Waals surface area (Å²) < 4.78 is 35.6. The fraction of sp³-hybridized carbons (Fsp3) is 0.111. The highest BCUT2D eigenvalue weighted by Gasteiger charge is 2.24. The van der Waals surface area contributed by atoms with Gasteiger partial charge < -0.3 is 14.3 Å². The second-order valence-electron chi connectivity index (χ2n) is 5.87. The second-order valence-corrected chi connectivity index (χ2v) is 7.50. The number of phenolic OH excluding ortho intramolecular Hbond substituents is 1. The Morgan fingerprint density at radius 1 is 1.15 bits per heavy atom. The fourth-order valence-electron chi connectivity index (χ4n) is 2.87. The van der Waals surface area contributed by atoms with Crippen molar-refractivity contribution in [3.8, 4) is 11.5 Å². The number of hydrogen-bond acceptors (Lipinski definition) is 7. The molecule has 8 nitrogen and oxygen atoms in total. The zero-order valence-electron chi connectivity index (χ0n) is 13.9. The van der Waals surface area contributed by atoms with Gasteiger partial charge in [-0.3, -0.25) is 0 Å². The SMILES string of the molecule is O=c1ccc2ccc(O)c(/C=N/NS(=O)(=O)c3cccc4c3OCC4)c2o1.